The number of aliphatic imine (C=N–C) groups is 1. The molecule has 1 heterocycles. The number of nitrogens with one attached hydrogen (secondary N) is 2. The topological polar surface area (TPSA) is 84.6 Å². The number of ether oxygens (including phenoxy) is 1. The average molecular weight is 265 g/mol. The highest BCUT2D eigenvalue weighted by molar-refractivity contribution is 5.93. The first-order valence-corrected chi connectivity index (χ1v) is 6.47. The molecule has 1 aromatic rings. The Bertz CT molecular complexity index is 419. The van der Waals surface area contributed by atoms with Gasteiger partial charge in [0.25, 0.3) is 0 Å². The van der Waals surface area contributed by atoms with Crippen molar-refractivity contribution in [3.05, 3.63) is 23.5 Å². The van der Waals surface area contributed by atoms with E-state index in [1.165, 1.54) is 0 Å². The summed E-state index contributed by atoms with van der Waals surface area (Å²) in [4.78, 5) is 8.71. The molecule has 6 heteroatoms. The van der Waals surface area contributed by atoms with Gasteiger partial charge in [-0.05, 0) is 39.3 Å². The summed E-state index contributed by atoms with van der Waals surface area (Å²) in [6, 6.07) is 3.91. The van der Waals surface area contributed by atoms with E-state index in [1.807, 2.05) is 32.9 Å². The molecular formula is C13H23N5O. The predicted octanol–water partition coefficient (Wildman–Crippen LogP) is 1.36. The molecule has 19 heavy (non-hydrogen) atoms. The first kappa shape index (κ1) is 15.4. The number of rotatable bonds is 6. The first-order valence-electron chi connectivity index (χ1n) is 6.47. The Hall–Kier alpha value is -1.66. The van der Waals surface area contributed by atoms with Gasteiger partial charge in [-0.2, -0.15) is 0 Å². The molecule has 0 amide bonds. The maximum atomic E-state index is 5.45. The van der Waals surface area contributed by atoms with Gasteiger partial charge < -0.3 is 10.1 Å². The van der Waals surface area contributed by atoms with Crippen LogP contribution >= 0.6 is 0 Å². The van der Waals surface area contributed by atoms with E-state index in [-0.39, 0.29) is 0 Å². The van der Waals surface area contributed by atoms with Crippen LogP contribution in [0.2, 0.25) is 0 Å². The third-order valence-corrected chi connectivity index (χ3v) is 2.54. The molecule has 1 rings (SSSR count). The zero-order valence-corrected chi connectivity index (χ0v) is 11.9. The van der Waals surface area contributed by atoms with Crippen molar-refractivity contribution in [2.24, 2.45) is 10.8 Å². The highest BCUT2D eigenvalue weighted by atomic mass is 16.5. The molecule has 6 nitrogen and oxygen atoms in total. The van der Waals surface area contributed by atoms with E-state index in [4.69, 9.17) is 10.6 Å². The van der Waals surface area contributed by atoms with Gasteiger partial charge in [0.1, 0.15) is 0 Å². The van der Waals surface area contributed by atoms with Gasteiger partial charge >= 0.3 is 0 Å². The summed E-state index contributed by atoms with van der Waals surface area (Å²) in [6.07, 6.45) is 0.867. The normalized spacial score (nSPS) is 11.5. The second-order valence-corrected chi connectivity index (χ2v) is 4.14. The van der Waals surface area contributed by atoms with Crippen LogP contribution in [0, 0.1) is 13.8 Å². The van der Waals surface area contributed by atoms with Crippen molar-refractivity contribution in [2.45, 2.75) is 27.2 Å². The number of aromatic nitrogens is 1. The molecule has 1 aromatic heterocycles. The fourth-order valence-electron chi connectivity index (χ4n) is 1.57. The number of nitrogens with two attached hydrogens (primary N) is 1. The van der Waals surface area contributed by atoms with Gasteiger partial charge in [-0.1, -0.05) is 0 Å². The van der Waals surface area contributed by atoms with Gasteiger partial charge in [0.05, 0.1) is 11.4 Å². The van der Waals surface area contributed by atoms with E-state index < -0.39 is 0 Å². The van der Waals surface area contributed by atoms with E-state index in [0.717, 1.165) is 30.1 Å². The van der Waals surface area contributed by atoms with Crippen LogP contribution in [-0.4, -0.2) is 30.7 Å². The quantitative estimate of drug-likeness (QED) is 0.238. The number of hydrogen-bond acceptors (Lipinski definition) is 4. The molecule has 0 aliphatic heterocycles. The average Bonchev–Trinajstić information content (AvgIpc) is 2.39. The van der Waals surface area contributed by atoms with Gasteiger partial charge in [0.15, 0.2) is 0 Å². The first-order chi connectivity index (χ1) is 9.17. The Morgan fingerprint density at radius 2 is 2.21 bits per heavy atom. The van der Waals surface area contributed by atoms with Crippen LogP contribution in [-0.2, 0) is 4.74 Å². The van der Waals surface area contributed by atoms with Crippen molar-refractivity contribution < 1.29 is 4.74 Å². The Morgan fingerprint density at radius 1 is 1.42 bits per heavy atom. The minimum Gasteiger partial charge on any atom is -0.382 e. The van der Waals surface area contributed by atoms with Gasteiger partial charge in [-0.3, -0.25) is 15.4 Å². The Labute approximate surface area is 114 Å². The molecule has 0 saturated heterocycles. The molecule has 0 radical (unpaired) electrons. The van der Waals surface area contributed by atoms with Crippen molar-refractivity contribution in [3.63, 3.8) is 0 Å². The van der Waals surface area contributed by atoms with Gasteiger partial charge in [-0.25, -0.2) is 5.84 Å². The number of hydrogen-bond donors (Lipinski definition) is 3. The number of aryl methyl sites for hydroxylation is 2. The fraction of sp³-hybridized carbons (Fsp3) is 0.538. The fourth-order valence-corrected chi connectivity index (χ4v) is 1.57. The van der Waals surface area contributed by atoms with Gasteiger partial charge in [0, 0.05) is 25.5 Å². The van der Waals surface area contributed by atoms with Crippen LogP contribution in [0.5, 0.6) is 0 Å². The number of hydrazine groups is 1. The maximum absolute atomic E-state index is 5.45. The van der Waals surface area contributed by atoms with Crippen molar-refractivity contribution in [1.29, 1.82) is 0 Å². The lowest BCUT2D eigenvalue weighted by Gasteiger charge is -2.11. The summed E-state index contributed by atoms with van der Waals surface area (Å²) >= 11 is 0. The lowest BCUT2D eigenvalue weighted by molar-refractivity contribution is 0.146. The Balaban J connectivity index is 2.53. The molecule has 0 aliphatic rings. The third kappa shape index (κ3) is 5.67. The standard InChI is InChI=1S/C13H23N5O/c1-4-19-9-5-8-15-13(18-14)17-12-7-6-10(2)16-11(12)3/h6-7H,4-5,8-9,14H2,1-3H3,(H2,15,17,18). The summed E-state index contributed by atoms with van der Waals surface area (Å²) in [6.45, 7) is 7.98. The van der Waals surface area contributed by atoms with Crippen molar-refractivity contribution in [3.8, 4) is 0 Å². The minimum atomic E-state index is 0.533. The summed E-state index contributed by atoms with van der Waals surface area (Å²) in [5, 5.41) is 3.13. The van der Waals surface area contributed by atoms with E-state index in [0.29, 0.717) is 19.1 Å². The lowest BCUT2D eigenvalue weighted by Crippen LogP contribution is -2.36. The minimum absolute atomic E-state index is 0.533. The molecule has 0 saturated carbocycles. The van der Waals surface area contributed by atoms with Gasteiger partial charge in [0.2, 0.25) is 5.96 Å². The zero-order chi connectivity index (χ0) is 14.1. The smallest absolute Gasteiger partial charge is 0.210 e. The van der Waals surface area contributed by atoms with Crippen molar-refractivity contribution >= 4 is 11.6 Å². The third-order valence-electron chi connectivity index (χ3n) is 2.54. The molecule has 106 valence electrons. The molecule has 0 atom stereocenters. The second-order valence-electron chi connectivity index (χ2n) is 4.14. The Morgan fingerprint density at radius 3 is 2.84 bits per heavy atom. The Kier molecular flexibility index (Phi) is 6.84. The van der Waals surface area contributed by atoms with Crippen LogP contribution in [0.4, 0.5) is 5.69 Å². The lowest BCUT2D eigenvalue weighted by atomic mass is 10.3. The molecule has 0 aliphatic carbocycles. The number of guanidine groups is 1. The van der Waals surface area contributed by atoms with E-state index in [1.54, 1.807) is 0 Å². The SMILES string of the molecule is CCOCCCN=C(NN)Nc1ccc(C)nc1C. The molecule has 0 fully saturated rings. The predicted molar refractivity (Wildman–Crippen MR) is 78.1 cm³/mol. The second kappa shape index (κ2) is 8.44. The van der Waals surface area contributed by atoms with E-state index >= 15 is 0 Å². The van der Waals surface area contributed by atoms with Crippen LogP contribution in [0.15, 0.2) is 17.1 Å². The summed E-state index contributed by atoms with van der Waals surface area (Å²) in [7, 11) is 0. The molecular weight excluding hydrogens is 242 g/mol. The van der Waals surface area contributed by atoms with Crippen molar-refractivity contribution in [2.75, 3.05) is 25.1 Å². The van der Waals surface area contributed by atoms with Crippen LogP contribution in [0.25, 0.3) is 0 Å². The number of nitrogens with zero attached hydrogens (tertiary/aromatic N) is 2. The zero-order valence-electron chi connectivity index (χ0n) is 11.9. The largest absolute Gasteiger partial charge is 0.382 e. The molecule has 4 N–H and O–H groups in total. The molecule has 0 spiro atoms. The van der Waals surface area contributed by atoms with E-state index in [9.17, 15) is 0 Å². The van der Waals surface area contributed by atoms with E-state index in [2.05, 4.69) is 20.7 Å². The molecule has 0 bridgehead atoms. The highest BCUT2D eigenvalue weighted by Crippen LogP contribution is 2.12. The van der Waals surface area contributed by atoms with Crippen molar-refractivity contribution in [1.82, 2.24) is 10.4 Å². The monoisotopic (exact) mass is 265 g/mol. The molecule has 0 unspecified atom stereocenters. The maximum Gasteiger partial charge on any atom is 0.210 e. The summed E-state index contributed by atoms with van der Waals surface area (Å²) < 4.78 is 5.25. The highest BCUT2D eigenvalue weighted by Gasteiger charge is 2.02. The number of pyridine rings is 1. The van der Waals surface area contributed by atoms with Gasteiger partial charge in [-0.15, -0.1) is 0 Å². The number of anilines is 1. The van der Waals surface area contributed by atoms with Crippen LogP contribution < -0.4 is 16.6 Å². The summed E-state index contributed by atoms with van der Waals surface area (Å²) in [5.74, 6) is 5.98. The van der Waals surface area contributed by atoms with Crippen LogP contribution in [0.3, 0.4) is 0 Å². The molecule has 0 aromatic carbocycles. The van der Waals surface area contributed by atoms with Crippen LogP contribution in [0.1, 0.15) is 24.7 Å². The summed E-state index contributed by atoms with van der Waals surface area (Å²) in [5.41, 5.74) is 5.35.